The summed E-state index contributed by atoms with van der Waals surface area (Å²) in [4.78, 5) is 3.87. The van der Waals surface area contributed by atoms with E-state index in [1.54, 1.807) is 12.1 Å². The number of aryl methyl sites for hydroxylation is 1. The van der Waals surface area contributed by atoms with Crippen LogP contribution in [0.1, 0.15) is 11.3 Å². The fourth-order valence-corrected chi connectivity index (χ4v) is 1.69. The van der Waals surface area contributed by atoms with Crippen molar-refractivity contribution in [3.8, 4) is 0 Å². The van der Waals surface area contributed by atoms with E-state index in [0.29, 0.717) is 5.69 Å². The number of halogens is 2. The van der Waals surface area contributed by atoms with Gasteiger partial charge in [-0.3, -0.25) is 4.98 Å². The smallest absolute Gasteiger partial charge is 0.182 e. The zero-order valence-electron chi connectivity index (χ0n) is 10.1. The Hall–Kier alpha value is -2.08. The van der Waals surface area contributed by atoms with Crippen LogP contribution in [0.2, 0.25) is 0 Å². The number of pyridine rings is 1. The molecule has 6 heteroatoms. The standard InChI is InChI=1S/C13H11F2N3S/c1-7-2-3-8(6-17-7)18-10-5-4-9(13(16)19)11(14)12(10)15/h2-6,18H,1H3,(H2,16,19). The zero-order chi connectivity index (χ0) is 14.0. The summed E-state index contributed by atoms with van der Waals surface area (Å²) in [6, 6.07) is 6.21. The second-order valence-corrected chi connectivity index (χ2v) is 4.41. The monoisotopic (exact) mass is 279 g/mol. The van der Waals surface area contributed by atoms with Crippen molar-refractivity contribution in [1.29, 1.82) is 0 Å². The van der Waals surface area contributed by atoms with E-state index in [-0.39, 0.29) is 16.2 Å². The van der Waals surface area contributed by atoms with Crippen LogP contribution in [0.15, 0.2) is 30.5 Å². The molecular formula is C13H11F2N3S. The van der Waals surface area contributed by atoms with Gasteiger partial charge in [-0.2, -0.15) is 0 Å². The molecule has 1 aromatic carbocycles. The van der Waals surface area contributed by atoms with Crippen molar-refractivity contribution in [2.24, 2.45) is 5.73 Å². The molecule has 0 atom stereocenters. The highest BCUT2D eigenvalue weighted by Gasteiger charge is 2.15. The first-order chi connectivity index (χ1) is 8.99. The van der Waals surface area contributed by atoms with E-state index in [9.17, 15) is 8.78 Å². The SMILES string of the molecule is Cc1ccc(Nc2ccc(C(N)=S)c(F)c2F)cn1. The first kappa shape index (κ1) is 13.4. The predicted octanol–water partition coefficient (Wildman–Crippen LogP) is 3.05. The molecule has 1 aromatic heterocycles. The number of nitrogens with zero attached hydrogens (tertiary/aromatic N) is 1. The Morgan fingerprint density at radius 2 is 1.95 bits per heavy atom. The van der Waals surface area contributed by atoms with Crippen LogP contribution in [0.25, 0.3) is 0 Å². The Bertz CT molecular complexity index is 627. The maximum Gasteiger partial charge on any atom is 0.182 e. The van der Waals surface area contributed by atoms with Crippen molar-refractivity contribution in [2.45, 2.75) is 6.92 Å². The van der Waals surface area contributed by atoms with E-state index >= 15 is 0 Å². The molecule has 0 saturated carbocycles. The highest BCUT2D eigenvalue weighted by Crippen LogP contribution is 2.23. The van der Waals surface area contributed by atoms with Gasteiger partial charge >= 0.3 is 0 Å². The molecule has 0 unspecified atom stereocenters. The molecule has 98 valence electrons. The average Bonchev–Trinajstić information content (AvgIpc) is 2.37. The molecule has 0 saturated heterocycles. The van der Waals surface area contributed by atoms with E-state index in [2.05, 4.69) is 22.5 Å². The Labute approximate surface area is 114 Å². The van der Waals surface area contributed by atoms with Crippen LogP contribution in [-0.4, -0.2) is 9.97 Å². The topological polar surface area (TPSA) is 50.9 Å². The average molecular weight is 279 g/mol. The number of benzene rings is 1. The summed E-state index contributed by atoms with van der Waals surface area (Å²) in [7, 11) is 0. The molecular weight excluding hydrogens is 268 g/mol. The first-order valence-electron chi connectivity index (χ1n) is 5.46. The third-order valence-electron chi connectivity index (χ3n) is 2.54. The van der Waals surface area contributed by atoms with Crippen molar-refractivity contribution in [3.63, 3.8) is 0 Å². The Kier molecular flexibility index (Phi) is 3.71. The van der Waals surface area contributed by atoms with Gasteiger partial charge in [0.2, 0.25) is 0 Å². The fourth-order valence-electron chi connectivity index (χ4n) is 1.53. The van der Waals surface area contributed by atoms with Gasteiger partial charge in [0.25, 0.3) is 0 Å². The van der Waals surface area contributed by atoms with E-state index in [4.69, 9.17) is 5.73 Å². The summed E-state index contributed by atoms with van der Waals surface area (Å²) >= 11 is 4.64. The van der Waals surface area contributed by atoms with Crippen LogP contribution in [0.5, 0.6) is 0 Å². The number of rotatable bonds is 3. The summed E-state index contributed by atoms with van der Waals surface area (Å²) in [6.45, 7) is 1.83. The molecule has 3 N–H and O–H groups in total. The number of anilines is 2. The summed E-state index contributed by atoms with van der Waals surface area (Å²) in [5.74, 6) is -2.08. The quantitative estimate of drug-likeness (QED) is 0.848. The highest BCUT2D eigenvalue weighted by atomic mass is 32.1. The predicted molar refractivity (Wildman–Crippen MR) is 74.5 cm³/mol. The van der Waals surface area contributed by atoms with Crippen LogP contribution in [0.4, 0.5) is 20.2 Å². The van der Waals surface area contributed by atoms with Gasteiger partial charge in [0.1, 0.15) is 4.99 Å². The molecule has 2 rings (SSSR count). The van der Waals surface area contributed by atoms with Gasteiger partial charge in [-0.15, -0.1) is 0 Å². The molecule has 0 aliphatic carbocycles. The molecule has 0 radical (unpaired) electrons. The lowest BCUT2D eigenvalue weighted by atomic mass is 10.1. The number of aromatic nitrogens is 1. The van der Waals surface area contributed by atoms with E-state index in [1.807, 2.05) is 6.92 Å². The Morgan fingerprint density at radius 3 is 2.53 bits per heavy atom. The Morgan fingerprint density at radius 1 is 1.21 bits per heavy atom. The van der Waals surface area contributed by atoms with Crippen LogP contribution >= 0.6 is 12.2 Å². The van der Waals surface area contributed by atoms with Gasteiger partial charge in [-0.25, -0.2) is 8.78 Å². The summed E-state index contributed by atoms with van der Waals surface area (Å²) in [5.41, 5.74) is 6.59. The summed E-state index contributed by atoms with van der Waals surface area (Å²) in [5, 5.41) is 2.74. The molecule has 0 aliphatic heterocycles. The normalized spacial score (nSPS) is 10.3. The lowest BCUT2D eigenvalue weighted by Crippen LogP contribution is -2.13. The van der Waals surface area contributed by atoms with Gasteiger partial charge in [0.15, 0.2) is 11.6 Å². The summed E-state index contributed by atoms with van der Waals surface area (Å²) in [6.07, 6.45) is 1.54. The van der Waals surface area contributed by atoms with E-state index < -0.39 is 11.6 Å². The van der Waals surface area contributed by atoms with Gasteiger partial charge < -0.3 is 11.1 Å². The molecule has 0 amide bonds. The molecule has 0 aliphatic rings. The van der Waals surface area contributed by atoms with Gasteiger partial charge in [-0.1, -0.05) is 12.2 Å². The lowest BCUT2D eigenvalue weighted by Gasteiger charge is -2.10. The lowest BCUT2D eigenvalue weighted by molar-refractivity contribution is 0.510. The van der Waals surface area contributed by atoms with Crippen LogP contribution in [0.3, 0.4) is 0 Å². The Balaban J connectivity index is 2.34. The van der Waals surface area contributed by atoms with Crippen molar-refractivity contribution in [2.75, 3.05) is 5.32 Å². The molecule has 1 heterocycles. The van der Waals surface area contributed by atoms with Crippen LogP contribution in [0, 0.1) is 18.6 Å². The third kappa shape index (κ3) is 2.85. The summed E-state index contributed by atoms with van der Waals surface area (Å²) < 4.78 is 27.5. The second kappa shape index (κ2) is 5.27. The first-order valence-corrected chi connectivity index (χ1v) is 5.87. The van der Waals surface area contributed by atoms with Crippen LogP contribution < -0.4 is 11.1 Å². The van der Waals surface area contributed by atoms with Gasteiger partial charge in [0, 0.05) is 11.3 Å². The minimum atomic E-state index is -1.06. The van der Waals surface area contributed by atoms with E-state index in [1.165, 1.54) is 18.3 Å². The van der Waals surface area contributed by atoms with Gasteiger partial charge in [-0.05, 0) is 31.2 Å². The maximum atomic E-state index is 13.8. The molecule has 19 heavy (non-hydrogen) atoms. The third-order valence-corrected chi connectivity index (χ3v) is 2.76. The molecule has 2 aromatic rings. The highest BCUT2D eigenvalue weighted by molar-refractivity contribution is 7.80. The number of nitrogens with one attached hydrogen (secondary N) is 1. The molecule has 0 bridgehead atoms. The second-order valence-electron chi connectivity index (χ2n) is 3.97. The molecule has 0 spiro atoms. The van der Waals surface area contributed by atoms with Crippen molar-refractivity contribution >= 4 is 28.6 Å². The number of hydrogen-bond acceptors (Lipinski definition) is 3. The van der Waals surface area contributed by atoms with Crippen LogP contribution in [-0.2, 0) is 0 Å². The van der Waals surface area contributed by atoms with Crippen molar-refractivity contribution in [1.82, 2.24) is 4.98 Å². The number of nitrogens with two attached hydrogens (primary N) is 1. The van der Waals surface area contributed by atoms with E-state index in [0.717, 1.165) is 5.69 Å². The minimum absolute atomic E-state index is 0.00292. The molecule has 0 fully saturated rings. The van der Waals surface area contributed by atoms with Gasteiger partial charge in [0.05, 0.1) is 17.6 Å². The number of thiocarbonyl (C=S) groups is 1. The zero-order valence-corrected chi connectivity index (χ0v) is 10.9. The molecule has 3 nitrogen and oxygen atoms in total. The van der Waals surface area contributed by atoms with Crippen molar-refractivity contribution < 1.29 is 8.78 Å². The minimum Gasteiger partial charge on any atom is -0.389 e. The number of hydrogen-bond donors (Lipinski definition) is 2. The maximum absolute atomic E-state index is 13.8. The largest absolute Gasteiger partial charge is 0.389 e. The fraction of sp³-hybridized carbons (Fsp3) is 0.0769. The van der Waals surface area contributed by atoms with Crippen molar-refractivity contribution in [3.05, 3.63) is 53.4 Å².